The molecule has 0 amide bonds. The van der Waals surface area contributed by atoms with Gasteiger partial charge in [0.05, 0.1) is 17.8 Å². The maximum absolute atomic E-state index is 6.60. The van der Waals surface area contributed by atoms with Crippen molar-refractivity contribution in [3.63, 3.8) is 0 Å². The number of aromatic nitrogens is 3. The zero-order valence-corrected chi connectivity index (χ0v) is 23.9. The number of aryl methyl sites for hydroxylation is 1. The van der Waals surface area contributed by atoms with Crippen molar-refractivity contribution >= 4 is 35.7 Å². The van der Waals surface area contributed by atoms with Gasteiger partial charge < -0.3 is 24.0 Å². The van der Waals surface area contributed by atoms with E-state index in [2.05, 4.69) is 30.3 Å². The standard InChI is InChI=1S/C29H36ClN7O3/c1-3-38-25-19-22(18-24(30)26(25)40-16-15-39-23-10-8-9-21(2)17-23)20-31-35-27-32-28(36-11-4-5-12-36)34-29(33-27)37-13-6-7-14-37/h8-10,17-20H,3-7,11-16H2,1-2H3,(H,32,33,34,35)/b31-20-. The Morgan fingerprint density at radius 2 is 1.57 bits per heavy atom. The van der Waals surface area contributed by atoms with E-state index in [0.29, 0.717) is 54.2 Å². The second kappa shape index (κ2) is 13.5. The summed E-state index contributed by atoms with van der Waals surface area (Å²) in [5.41, 5.74) is 4.88. The zero-order valence-electron chi connectivity index (χ0n) is 23.1. The molecule has 5 rings (SSSR count). The summed E-state index contributed by atoms with van der Waals surface area (Å²) in [5, 5.41) is 4.82. The lowest BCUT2D eigenvalue weighted by atomic mass is 10.2. The molecule has 2 saturated heterocycles. The lowest BCUT2D eigenvalue weighted by molar-refractivity contribution is 0.208. The van der Waals surface area contributed by atoms with Crippen LogP contribution in [-0.2, 0) is 0 Å². The van der Waals surface area contributed by atoms with Crippen molar-refractivity contribution in [2.24, 2.45) is 5.10 Å². The minimum Gasteiger partial charge on any atom is -0.490 e. The molecule has 2 aliphatic heterocycles. The first-order chi connectivity index (χ1) is 19.6. The molecule has 2 aromatic carbocycles. The summed E-state index contributed by atoms with van der Waals surface area (Å²) in [6.45, 7) is 8.93. The molecule has 0 radical (unpaired) electrons. The number of ether oxygens (including phenoxy) is 3. The quantitative estimate of drug-likeness (QED) is 0.177. The number of anilines is 3. The highest BCUT2D eigenvalue weighted by Gasteiger charge is 2.21. The van der Waals surface area contributed by atoms with Crippen LogP contribution in [0.25, 0.3) is 0 Å². The highest BCUT2D eigenvalue weighted by Crippen LogP contribution is 2.36. The Hall–Kier alpha value is -3.79. The largest absolute Gasteiger partial charge is 0.490 e. The number of hydrogen-bond acceptors (Lipinski definition) is 10. The van der Waals surface area contributed by atoms with E-state index < -0.39 is 0 Å². The monoisotopic (exact) mass is 565 g/mol. The number of hydrogen-bond donors (Lipinski definition) is 1. The third-order valence-electron chi connectivity index (χ3n) is 6.69. The molecule has 0 atom stereocenters. The fourth-order valence-electron chi connectivity index (χ4n) is 4.76. The van der Waals surface area contributed by atoms with Gasteiger partial charge in [-0.25, -0.2) is 5.43 Å². The van der Waals surface area contributed by atoms with Gasteiger partial charge in [-0.2, -0.15) is 20.1 Å². The van der Waals surface area contributed by atoms with E-state index in [1.807, 2.05) is 44.2 Å². The van der Waals surface area contributed by atoms with Gasteiger partial charge in [0.1, 0.15) is 19.0 Å². The van der Waals surface area contributed by atoms with Crippen molar-refractivity contribution in [3.8, 4) is 17.2 Å². The number of rotatable bonds is 12. The van der Waals surface area contributed by atoms with Gasteiger partial charge in [0, 0.05) is 26.2 Å². The lowest BCUT2D eigenvalue weighted by Crippen LogP contribution is -2.25. The average molecular weight is 566 g/mol. The lowest BCUT2D eigenvalue weighted by Gasteiger charge is -2.20. The summed E-state index contributed by atoms with van der Waals surface area (Å²) in [6, 6.07) is 11.5. The maximum Gasteiger partial charge on any atom is 0.250 e. The van der Waals surface area contributed by atoms with Crippen LogP contribution in [0.2, 0.25) is 5.02 Å². The molecular weight excluding hydrogens is 530 g/mol. The summed E-state index contributed by atoms with van der Waals surface area (Å²) < 4.78 is 17.6. The van der Waals surface area contributed by atoms with Crippen LogP contribution in [0, 0.1) is 6.92 Å². The number of halogens is 1. The Morgan fingerprint density at radius 3 is 2.23 bits per heavy atom. The minimum atomic E-state index is 0.320. The molecule has 0 aliphatic carbocycles. The van der Waals surface area contributed by atoms with Crippen LogP contribution in [-0.4, -0.2) is 67.2 Å². The van der Waals surface area contributed by atoms with Crippen molar-refractivity contribution in [1.29, 1.82) is 0 Å². The van der Waals surface area contributed by atoms with Gasteiger partial charge in [-0.05, 0) is 74.9 Å². The van der Waals surface area contributed by atoms with E-state index in [4.69, 9.17) is 30.8 Å². The van der Waals surface area contributed by atoms with E-state index >= 15 is 0 Å². The Kier molecular flexibility index (Phi) is 9.38. The molecule has 0 spiro atoms. The highest BCUT2D eigenvalue weighted by molar-refractivity contribution is 6.32. The zero-order chi connectivity index (χ0) is 27.7. The van der Waals surface area contributed by atoms with Crippen molar-refractivity contribution in [3.05, 3.63) is 52.5 Å². The first-order valence-electron chi connectivity index (χ1n) is 13.9. The van der Waals surface area contributed by atoms with E-state index in [-0.39, 0.29) is 0 Å². The Labute approximate surface area is 240 Å². The van der Waals surface area contributed by atoms with Crippen molar-refractivity contribution in [2.75, 3.05) is 61.2 Å². The second-order valence-corrected chi connectivity index (χ2v) is 10.2. The van der Waals surface area contributed by atoms with E-state index in [0.717, 1.165) is 68.7 Å². The topological polar surface area (TPSA) is 97.2 Å². The van der Waals surface area contributed by atoms with Crippen molar-refractivity contribution in [1.82, 2.24) is 15.0 Å². The minimum absolute atomic E-state index is 0.320. The molecule has 1 N–H and O–H groups in total. The van der Waals surface area contributed by atoms with Gasteiger partial charge in [0.15, 0.2) is 11.5 Å². The second-order valence-electron chi connectivity index (χ2n) is 9.79. The summed E-state index contributed by atoms with van der Waals surface area (Å²) >= 11 is 6.60. The van der Waals surface area contributed by atoms with Crippen LogP contribution in [0.4, 0.5) is 17.8 Å². The fourth-order valence-corrected chi connectivity index (χ4v) is 5.03. The third-order valence-corrected chi connectivity index (χ3v) is 6.97. The molecule has 212 valence electrons. The molecule has 1 aromatic heterocycles. The molecule has 11 heteroatoms. The number of nitrogens with one attached hydrogen (secondary N) is 1. The van der Waals surface area contributed by atoms with Crippen molar-refractivity contribution in [2.45, 2.75) is 39.5 Å². The summed E-state index contributed by atoms with van der Waals surface area (Å²) in [4.78, 5) is 18.4. The van der Waals surface area contributed by atoms with Gasteiger partial charge in [0.2, 0.25) is 17.8 Å². The molecule has 3 heterocycles. The van der Waals surface area contributed by atoms with E-state index in [9.17, 15) is 0 Å². The highest BCUT2D eigenvalue weighted by atomic mass is 35.5. The molecule has 40 heavy (non-hydrogen) atoms. The van der Waals surface area contributed by atoms with Gasteiger partial charge in [-0.3, -0.25) is 0 Å². The predicted molar refractivity (Wildman–Crippen MR) is 159 cm³/mol. The molecule has 3 aromatic rings. The number of nitrogens with zero attached hydrogens (tertiary/aromatic N) is 6. The number of hydrazone groups is 1. The van der Waals surface area contributed by atoms with Crippen LogP contribution >= 0.6 is 11.6 Å². The Balaban J connectivity index is 1.25. The van der Waals surface area contributed by atoms with Gasteiger partial charge in [0.25, 0.3) is 0 Å². The van der Waals surface area contributed by atoms with Crippen molar-refractivity contribution < 1.29 is 14.2 Å². The molecule has 0 bridgehead atoms. The van der Waals surface area contributed by atoms with Crippen LogP contribution in [0.1, 0.15) is 43.7 Å². The van der Waals surface area contributed by atoms with Crippen LogP contribution in [0.15, 0.2) is 41.5 Å². The summed E-state index contributed by atoms with van der Waals surface area (Å²) in [6.07, 6.45) is 6.25. The Morgan fingerprint density at radius 1 is 0.900 bits per heavy atom. The SMILES string of the molecule is CCOc1cc(/C=N\Nc2nc(N3CCCC3)nc(N3CCCC3)n2)cc(Cl)c1OCCOc1cccc(C)c1. The third kappa shape index (κ3) is 7.24. The smallest absolute Gasteiger partial charge is 0.250 e. The van der Waals surface area contributed by atoms with Crippen LogP contribution in [0.5, 0.6) is 17.2 Å². The summed E-state index contributed by atoms with van der Waals surface area (Å²) in [5.74, 6) is 3.63. The molecule has 0 saturated carbocycles. The summed E-state index contributed by atoms with van der Waals surface area (Å²) in [7, 11) is 0. The molecule has 10 nitrogen and oxygen atoms in total. The van der Waals surface area contributed by atoms with Crippen LogP contribution in [0.3, 0.4) is 0 Å². The average Bonchev–Trinajstić information content (AvgIpc) is 3.68. The fraction of sp³-hybridized carbons (Fsp3) is 0.448. The maximum atomic E-state index is 6.60. The first kappa shape index (κ1) is 27.8. The van der Waals surface area contributed by atoms with Crippen LogP contribution < -0.4 is 29.4 Å². The molecule has 2 aliphatic rings. The Bertz CT molecular complexity index is 1280. The van der Waals surface area contributed by atoms with Gasteiger partial charge in [-0.15, -0.1) is 0 Å². The van der Waals surface area contributed by atoms with Gasteiger partial charge in [-0.1, -0.05) is 23.7 Å². The normalized spacial score (nSPS) is 15.2. The predicted octanol–water partition coefficient (Wildman–Crippen LogP) is 5.34. The van der Waals surface area contributed by atoms with Gasteiger partial charge >= 0.3 is 0 Å². The first-order valence-corrected chi connectivity index (χ1v) is 14.3. The molecular formula is C29H36ClN7O3. The van der Waals surface area contributed by atoms with E-state index in [1.54, 1.807) is 12.3 Å². The molecule has 2 fully saturated rings. The number of benzene rings is 2. The molecule has 0 unspecified atom stereocenters. The van der Waals surface area contributed by atoms with E-state index in [1.165, 1.54) is 0 Å².